The number of benzene rings is 3. The first-order chi connectivity index (χ1) is 12.7. The van der Waals surface area contributed by atoms with Gasteiger partial charge in [0.2, 0.25) is 0 Å². The van der Waals surface area contributed by atoms with Crippen LogP contribution in [0.5, 0.6) is 11.5 Å². The van der Waals surface area contributed by atoms with Gasteiger partial charge >= 0.3 is 0 Å². The molecule has 0 saturated carbocycles. The number of ether oxygens (including phenoxy) is 1. The molecule has 0 fully saturated rings. The lowest BCUT2D eigenvalue weighted by molar-refractivity contribution is 0.111. The van der Waals surface area contributed by atoms with Crippen LogP contribution in [0, 0.1) is 0 Å². The lowest BCUT2D eigenvalue weighted by Crippen LogP contribution is -2.03. The Morgan fingerprint density at radius 2 is 1.12 bits per heavy atom. The molecule has 3 aromatic carbocycles. The highest BCUT2D eigenvalue weighted by Gasteiger charge is 2.16. The number of rotatable bonds is 3. The third-order valence-electron chi connectivity index (χ3n) is 3.71. The van der Waals surface area contributed by atoms with Crippen LogP contribution < -0.4 is 10.1 Å². The topological polar surface area (TPSA) is 72.5 Å². The van der Waals surface area contributed by atoms with Gasteiger partial charge in [-0.3, -0.25) is 14.4 Å². The highest BCUT2D eigenvalue weighted by atomic mass is 16.5. The van der Waals surface area contributed by atoms with E-state index in [0.717, 1.165) is 35.8 Å². The third-order valence-corrected chi connectivity index (χ3v) is 3.71. The van der Waals surface area contributed by atoms with Gasteiger partial charge in [0, 0.05) is 16.7 Å². The Morgan fingerprint density at radius 3 is 1.54 bits per heavy atom. The summed E-state index contributed by atoms with van der Waals surface area (Å²) in [5, 5.41) is 3.19. The molecular formula is C21H15NO4. The van der Waals surface area contributed by atoms with Crippen molar-refractivity contribution in [2.45, 2.75) is 0 Å². The van der Waals surface area contributed by atoms with Gasteiger partial charge in [0.25, 0.3) is 0 Å². The molecule has 0 spiro atoms. The summed E-state index contributed by atoms with van der Waals surface area (Å²) < 4.78 is 5.68. The molecule has 0 unspecified atom stereocenters. The van der Waals surface area contributed by atoms with Crippen LogP contribution in [-0.2, 0) is 0 Å². The van der Waals surface area contributed by atoms with Gasteiger partial charge < -0.3 is 10.1 Å². The molecule has 5 heteroatoms. The molecule has 1 N–H and O–H groups in total. The van der Waals surface area contributed by atoms with Crippen LogP contribution in [0.4, 0.5) is 11.4 Å². The molecule has 4 rings (SSSR count). The van der Waals surface area contributed by atoms with E-state index in [9.17, 15) is 14.4 Å². The van der Waals surface area contributed by atoms with Gasteiger partial charge in [0.1, 0.15) is 18.9 Å². The number of carbonyl (C=O) groups is 3. The Kier molecular flexibility index (Phi) is 5.19. The van der Waals surface area contributed by atoms with Crippen molar-refractivity contribution in [1.29, 1.82) is 0 Å². The van der Waals surface area contributed by atoms with Gasteiger partial charge in [-0.05, 0) is 36.4 Å². The minimum Gasteiger partial charge on any atom is -0.453 e. The zero-order chi connectivity index (χ0) is 18.4. The molecule has 128 valence electrons. The zero-order valence-electron chi connectivity index (χ0n) is 13.7. The fourth-order valence-electron chi connectivity index (χ4n) is 2.40. The first kappa shape index (κ1) is 17.1. The molecule has 0 radical (unpaired) electrons. The molecule has 1 heterocycles. The highest BCUT2D eigenvalue weighted by Crippen LogP contribution is 2.42. The standard InChI is InChI=1S/C14H9NO3.C7H6O/c16-7-9-1-3-11-13(5-9)18-14-6-10(8-17)2-4-12(14)15-11;8-6-7-4-2-1-3-5-7/h1-8,15H;1-6H. The van der Waals surface area contributed by atoms with Crippen molar-refractivity contribution >= 4 is 30.2 Å². The SMILES string of the molecule is O=Cc1ccc2c(c1)Oc1cc(C=O)ccc1N2.O=Cc1ccccc1. The van der Waals surface area contributed by atoms with Gasteiger partial charge in [-0.1, -0.05) is 30.3 Å². The summed E-state index contributed by atoms with van der Waals surface area (Å²) >= 11 is 0. The quantitative estimate of drug-likeness (QED) is 0.547. The van der Waals surface area contributed by atoms with Crippen LogP contribution in [0.3, 0.4) is 0 Å². The third kappa shape index (κ3) is 3.84. The van der Waals surface area contributed by atoms with Crippen LogP contribution in [0.2, 0.25) is 0 Å². The van der Waals surface area contributed by atoms with E-state index in [0.29, 0.717) is 22.6 Å². The fourth-order valence-corrected chi connectivity index (χ4v) is 2.40. The summed E-state index contributed by atoms with van der Waals surface area (Å²) in [5.41, 5.74) is 3.42. The summed E-state index contributed by atoms with van der Waals surface area (Å²) in [6.45, 7) is 0. The molecule has 0 atom stereocenters. The predicted molar refractivity (Wildman–Crippen MR) is 98.8 cm³/mol. The molecule has 3 aromatic rings. The lowest BCUT2D eigenvalue weighted by Gasteiger charge is -2.22. The van der Waals surface area contributed by atoms with E-state index in [4.69, 9.17) is 4.74 Å². The fraction of sp³-hybridized carbons (Fsp3) is 0. The Bertz CT molecular complexity index is 896. The van der Waals surface area contributed by atoms with E-state index in [1.54, 1.807) is 48.5 Å². The normalized spacial score (nSPS) is 10.6. The van der Waals surface area contributed by atoms with Gasteiger partial charge in [-0.25, -0.2) is 0 Å². The maximum atomic E-state index is 10.7. The van der Waals surface area contributed by atoms with Crippen molar-refractivity contribution in [3.05, 3.63) is 83.4 Å². The van der Waals surface area contributed by atoms with Gasteiger partial charge in [-0.15, -0.1) is 0 Å². The Morgan fingerprint density at radius 1 is 0.615 bits per heavy atom. The molecular weight excluding hydrogens is 330 g/mol. The van der Waals surface area contributed by atoms with Gasteiger partial charge in [-0.2, -0.15) is 0 Å². The number of fused-ring (bicyclic) bond motifs is 2. The molecule has 0 amide bonds. The Hall–Kier alpha value is -3.73. The lowest BCUT2D eigenvalue weighted by atomic mass is 10.1. The minimum absolute atomic E-state index is 0.547. The van der Waals surface area contributed by atoms with Crippen molar-refractivity contribution in [2.75, 3.05) is 5.32 Å². The number of hydrogen-bond acceptors (Lipinski definition) is 5. The van der Waals surface area contributed by atoms with Crippen molar-refractivity contribution in [3.63, 3.8) is 0 Å². The number of aldehydes is 3. The van der Waals surface area contributed by atoms with E-state index in [1.807, 2.05) is 18.2 Å². The van der Waals surface area contributed by atoms with Crippen molar-refractivity contribution in [1.82, 2.24) is 0 Å². The molecule has 0 aliphatic carbocycles. The van der Waals surface area contributed by atoms with E-state index >= 15 is 0 Å². The Labute approximate surface area is 150 Å². The number of carbonyl (C=O) groups excluding carboxylic acids is 3. The monoisotopic (exact) mass is 345 g/mol. The number of hydrogen-bond donors (Lipinski definition) is 1. The molecule has 0 bridgehead atoms. The molecule has 0 saturated heterocycles. The van der Waals surface area contributed by atoms with Crippen LogP contribution in [-0.4, -0.2) is 18.9 Å². The second kappa shape index (κ2) is 7.90. The van der Waals surface area contributed by atoms with Crippen LogP contribution in [0.1, 0.15) is 31.1 Å². The van der Waals surface area contributed by atoms with E-state index in [1.165, 1.54) is 0 Å². The van der Waals surface area contributed by atoms with E-state index < -0.39 is 0 Å². The molecule has 26 heavy (non-hydrogen) atoms. The van der Waals surface area contributed by atoms with Gasteiger partial charge in [0.15, 0.2) is 11.5 Å². The summed E-state index contributed by atoms with van der Waals surface area (Å²) in [5.74, 6) is 1.16. The second-order valence-electron chi connectivity index (χ2n) is 5.50. The smallest absolute Gasteiger partial charge is 0.151 e. The molecule has 5 nitrogen and oxygen atoms in total. The van der Waals surface area contributed by atoms with Crippen LogP contribution in [0.25, 0.3) is 0 Å². The predicted octanol–water partition coefficient (Wildman–Crippen LogP) is 4.66. The Balaban J connectivity index is 0.000000206. The number of nitrogens with one attached hydrogen (secondary N) is 1. The minimum atomic E-state index is 0.547. The first-order valence-corrected chi connectivity index (χ1v) is 7.87. The summed E-state index contributed by atoms with van der Waals surface area (Å²) in [4.78, 5) is 31.4. The molecule has 1 aliphatic rings. The van der Waals surface area contributed by atoms with Crippen molar-refractivity contribution in [3.8, 4) is 11.5 Å². The van der Waals surface area contributed by atoms with Crippen LogP contribution in [0.15, 0.2) is 66.7 Å². The van der Waals surface area contributed by atoms with E-state index in [2.05, 4.69) is 5.32 Å². The highest BCUT2D eigenvalue weighted by molar-refractivity contribution is 5.84. The largest absolute Gasteiger partial charge is 0.453 e. The average molecular weight is 345 g/mol. The van der Waals surface area contributed by atoms with Gasteiger partial charge in [0.05, 0.1) is 11.4 Å². The molecule has 0 aromatic heterocycles. The maximum Gasteiger partial charge on any atom is 0.151 e. The maximum absolute atomic E-state index is 10.7. The van der Waals surface area contributed by atoms with Crippen molar-refractivity contribution in [2.24, 2.45) is 0 Å². The average Bonchev–Trinajstić information content (AvgIpc) is 2.72. The second-order valence-corrected chi connectivity index (χ2v) is 5.50. The molecule has 1 aliphatic heterocycles. The van der Waals surface area contributed by atoms with Crippen molar-refractivity contribution < 1.29 is 19.1 Å². The van der Waals surface area contributed by atoms with E-state index in [-0.39, 0.29) is 0 Å². The first-order valence-electron chi connectivity index (χ1n) is 7.87. The summed E-state index contributed by atoms with van der Waals surface area (Å²) in [6, 6.07) is 19.4. The van der Waals surface area contributed by atoms with Crippen LogP contribution >= 0.6 is 0 Å². The number of anilines is 2. The zero-order valence-corrected chi connectivity index (χ0v) is 13.7. The summed E-state index contributed by atoms with van der Waals surface area (Å²) in [7, 11) is 0. The summed E-state index contributed by atoms with van der Waals surface area (Å²) in [6.07, 6.45) is 2.36.